The molecule has 0 aliphatic rings. The molecule has 1 heterocycles. The van der Waals surface area contributed by atoms with Crippen molar-refractivity contribution >= 4 is 5.91 Å². The van der Waals surface area contributed by atoms with Gasteiger partial charge in [-0.25, -0.2) is 5.84 Å². The van der Waals surface area contributed by atoms with Crippen LogP contribution in [-0.2, 0) is 12.6 Å². The van der Waals surface area contributed by atoms with E-state index < -0.39 is 17.6 Å². The first-order valence-corrected chi connectivity index (χ1v) is 5.47. The van der Waals surface area contributed by atoms with Crippen molar-refractivity contribution in [2.75, 3.05) is 0 Å². The molecule has 0 aromatic carbocycles. The van der Waals surface area contributed by atoms with E-state index in [1.165, 1.54) is 0 Å². The fraction of sp³-hybridized carbons (Fsp3) is 0.455. The highest BCUT2D eigenvalue weighted by atomic mass is 19.4. The summed E-state index contributed by atoms with van der Waals surface area (Å²) in [5.41, 5.74) is 1.22. The monoisotopic (exact) mass is 261 g/mol. The Morgan fingerprint density at radius 1 is 1.50 bits per heavy atom. The number of pyridine rings is 1. The summed E-state index contributed by atoms with van der Waals surface area (Å²) in [6, 6.07) is 0.952. The lowest BCUT2D eigenvalue weighted by Gasteiger charge is -2.11. The van der Waals surface area contributed by atoms with Crippen molar-refractivity contribution in [1.29, 1.82) is 0 Å². The second-order valence-corrected chi connectivity index (χ2v) is 3.81. The average Bonchev–Trinajstić information content (AvgIpc) is 2.34. The van der Waals surface area contributed by atoms with Crippen LogP contribution in [0.15, 0.2) is 12.3 Å². The van der Waals surface area contributed by atoms with Crippen LogP contribution in [0, 0.1) is 0 Å². The van der Waals surface area contributed by atoms with E-state index in [-0.39, 0.29) is 11.3 Å². The number of carbonyl (C=O) groups excluding carboxylic acids is 1. The maximum atomic E-state index is 12.5. The number of carbonyl (C=O) groups is 1. The summed E-state index contributed by atoms with van der Waals surface area (Å²) in [6.07, 6.45) is -1.99. The number of rotatable bonds is 4. The third kappa shape index (κ3) is 3.43. The number of unbranched alkanes of at least 4 members (excludes halogenated alkanes) is 1. The maximum Gasteiger partial charge on any atom is 0.417 e. The minimum atomic E-state index is -4.47. The predicted molar refractivity (Wildman–Crippen MR) is 59.5 cm³/mol. The lowest BCUT2D eigenvalue weighted by molar-refractivity contribution is -0.137. The molecule has 100 valence electrons. The summed E-state index contributed by atoms with van der Waals surface area (Å²) in [5.74, 6) is 4.28. The normalized spacial score (nSPS) is 11.4. The van der Waals surface area contributed by atoms with E-state index in [9.17, 15) is 18.0 Å². The smallest absolute Gasteiger partial charge is 0.289 e. The molecule has 0 spiro atoms. The number of alkyl halides is 3. The van der Waals surface area contributed by atoms with Crippen LogP contribution in [0.4, 0.5) is 13.2 Å². The van der Waals surface area contributed by atoms with Crippen molar-refractivity contribution in [2.24, 2.45) is 5.84 Å². The van der Waals surface area contributed by atoms with Gasteiger partial charge in [-0.3, -0.25) is 15.2 Å². The Kier molecular flexibility index (Phi) is 4.66. The first-order valence-electron chi connectivity index (χ1n) is 5.47. The standard InChI is InChI=1S/C11H14F3N3O/c1-2-3-4-7-5-8(11(12,13)14)6-16-9(7)10(18)17-15/h5-6H,2-4,15H2,1H3,(H,17,18). The van der Waals surface area contributed by atoms with Gasteiger partial charge < -0.3 is 0 Å². The number of aromatic nitrogens is 1. The van der Waals surface area contributed by atoms with Crippen LogP contribution in [-0.4, -0.2) is 10.9 Å². The van der Waals surface area contributed by atoms with Gasteiger partial charge in [-0.1, -0.05) is 13.3 Å². The zero-order valence-corrected chi connectivity index (χ0v) is 9.84. The summed E-state index contributed by atoms with van der Waals surface area (Å²) in [5, 5.41) is 0. The molecule has 3 N–H and O–H groups in total. The van der Waals surface area contributed by atoms with E-state index in [2.05, 4.69) is 4.98 Å². The highest BCUT2D eigenvalue weighted by Gasteiger charge is 2.32. The van der Waals surface area contributed by atoms with Gasteiger partial charge in [0, 0.05) is 6.20 Å². The fourth-order valence-electron chi connectivity index (χ4n) is 1.50. The van der Waals surface area contributed by atoms with Crippen molar-refractivity contribution in [3.8, 4) is 0 Å². The van der Waals surface area contributed by atoms with Crippen LogP contribution in [0.25, 0.3) is 0 Å². The zero-order chi connectivity index (χ0) is 13.8. The molecular weight excluding hydrogens is 247 g/mol. The van der Waals surface area contributed by atoms with E-state index in [1.54, 1.807) is 0 Å². The third-order valence-electron chi connectivity index (χ3n) is 2.44. The number of halogens is 3. The van der Waals surface area contributed by atoms with Crippen molar-refractivity contribution in [3.63, 3.8) is 0 Å². The summed E-state index contributed by atoms with van der Waals surface area (Å²) in [4.78, 5) is 14.9. The minimum absolute atomic E-state index is 0.0565. The number of aryl methyl sites for hydroxylation is 1. The number of nitrogen functional groups attached to an aromatic ring is 1. The van der Waals surface area contributed by atoms with Gasteiger partial charge in [-0.2, -0.15) is 13.2 Å². The number of nitrogens with zero attached hydrogens (tertiary/aromatic N) is 1. The number of hydrogen-bond acceptors (Lipinski definition) is 3. The highest BCUT2D eigenvalue weighted by Crippen LogP contribution is 2.30. The van der Waals surface area contributed by atoms with Crippen LogP contribution in [0.2, 0.25) is 0 Å². The molecule has 0 aliphatic heterocycles. The molecule has 0 aliphatic carbocycles. The molecule has 1 aromatic heterocycles. The van der Waals surface area contributed by atoms with Gasteiger partial charge in [-0.05, 0) is 24.5 Å². The van der Waals surface area contributed by atoms with Gasteiger partial charge in [0.05, 0.1) is 5.56 Å². The first-order chi connectivity index (χ1) is 8.40. The Hall–Kier alpha value is -1.63. The van der Waals surface area contributed by atoms with Gasteiger partial charge in [0.15, 0.2) is 0 Å². The molecule has 0 bridgehead atoms. The predicted octanol–water partition coefficient (Wildman–Crippen LogP) is 2.05. The summed E-state index contributed by atoms with van der Waals surface area (Å²) >= 11 is 0. The molecule has 0 atom stereocenters. The van der Waals surface area contributed by atoms with Gasteiger partial charge in [0.25, 0.3) is 5.91 Å². The van der Waals surface area contributed by atoms with Crippen LogP contribution >= 0.6 is 0 Å². The van der Waals surface area contributed by atoms with Crippen molar-refractivity contribution in [2.45, 2.75) is 32.4 Å². The van der Waals surface area contributed by atoms with Gasteiger partial charge in [0.2, 0.25) is 0 Å². The Bertz CT molecular complexity index is 432. The zero-order valence-electron chi connectivity index (χ0n) is 9.84. The Balaban J connectivity index is 3.16. The van der Waals surface area contributed by atoms with Crippen molar-refractivity contribution in [3.05, 3.63) is 29.1 Å². The molecule has 18 heavy (non-hydrogen) atoms. The van der Waals surface area contributed by atoms with Crippen molar-refractivity contribution < 1.29 is 18.0 Å². The van der Waals surface area contributed by atoms with E-state index >= 15 is 0 Å². The van der Waals surface area contributed by atoms with Gasteiger partial charge in [-0.15, -0.1) is 0 Å². The number of nitrogens with two attached hydrogens (primary N) is 1. The van der Waals surface area contributed by atoms with Crippen LogP contribution in [0.1, 0.15) is 41.4 Å². The highest BCUT2D eigenvalue weighted by molar-refractivity contribution is 5.93. The Morgan fingerprint density at radius 2 is 2.17 bits per heavy atom. The van der Waals surface area contributed by atoms with Gasteiger partial charge in [0.1, 0.15) is 5.69 Å². The minimum Gasteiger partial charge on any atom is -0.289 e. The number of nitrogens with one attached hydrogen (secondary N) is 1. The molecule has 4 nitrogen and oxygen atoms in total. The lowest BCUT2D eigenvalue weighted by Crippen LogP contribution is -2.31. The number of hydrazine groups is 1. The fourth-order valence-corrected chi connectivity index (χ4v) is 1.50. The van der Waals surface area contributed by atoms with E-state index in [0.29, 0.717) is 19.0 Å². The third-order valence-corrected chi connectivity index (χ3v) is 2.44. The molecule has 7 heteroatoms. The molecular formula is C11H14F3N3O. The topological polar surface area (TPSA) is 68.0 Å². The van der Waals surface area contributed by atoms with Crippen molar-refractivity contribution in [1.82, 2.24) is 10.4 Å². The maximum absolute atomic E-state index is 12.5. The van der Waals surface area contributed by atoms with Crippen LogP contribution in [0.5, 0.6) is 0 Å². The summed E-state index contributed by atoms with van der Waals surface area (Å²) < 4.78 is 37.6. The number of hydrogen-bond donors (Lipinski definition) is 2. The van der Waals surface area contributed by atoms with E-state index in [0.717, 1.165) is 12.5 Å². The van der Waals surface area contributed by atoms with Crippen LogP contribution < -0.4 is 11.3 Å². The summed E-state index contributed by atoms with van der Waals surface area (Å²) in [7, 11) is 0. The largest absolute Gasteiger partial charge is 0.417 e. The molecule has 0 saturated heterocycles. The molecule has 0 fully saturated rings. The van der Waals surface area contributed by atoms with E-state index in [4.69, 9.17) is 5.84 Å². The average molecular weight is 261 g/mol. The summed E-state index contributed by atoms with van der Waals surface area (Å²) in [6.45, 7) is 1.91. The second-order valence-electron chi connectivity index (χ2n) is 3.81. The number of amides is 1. The SMILES string of the molecule is CCCCc1cc(C(F)(F)F)cnc1C(=O)NN. The molecule has 0 unspecified atom stereocenters. The molecule has 0 saturated carbocycles. The molecule has 1 aromatic rings. The van der Waals surface area contributed by atoms with Crippen LogP contribution in [0.3, 0.4) is 0 Å². The van der Waals surface area contributed by atoms with Gasteiger partial charge >= 0.3 is 6.18 Å². The molecule has 0 radical (unpaired) electrons. The lowest BCUT2D eigenvalue weighted by atomic mass is 10.0. The quantitative estimate of drug-likeness (QED) is 0.495. The molecule has 1 amide bonds. The van der Waals surface area contributed by atoms with E-state index in [1.807, 2.05) is 12.3 Å². The Morgan fingerprint density at radius 3 is 2.67 bits per heavy atom. The molecule has 1 rings (SSSR count). The Labute approximate surface area is 102 Å². The second kappa shape index (κ2) is 5.81. The first kappa shape index (κ1) is 14.4.